The number of hydrogen-bond donors (Lipinski definition) is 1. The summed E-state index contributed by atoms with van der Waals surface area (Å²) in [5.41, 5.74) is 4.19. The third kappa shape index (κ3) is 3.03. The fraction of sp³-hybridized carbons (Fsp3) is 0.263. The highest BCUT2D eigenvalue weighted by Gasteiger charge is 2.25. The number of aromatic nitrogens is 3. The molecular weight excluding hydrogens is 316 g/mol. The van der Waals surface area contributed by atoms with Crippen molar-refractivity contribution in [1.82, 2.24) is 20.4 Å². The van der Waals surface area contributed by atoms with Crippen molar-refractivity contribution in [2.75, 3.05) is 0 Å². The minimum absolute atomic E-state index is 0.0757. The zero-order valence-electron chi connectivity index (χ0n) is 16.6. The van der Waals surface area contributed by atoms with Crippen LogP contribution in [-0.2, 0) is 6.42 Å². The quantitative estimate of drug-likeness (QED) is 0.794. The highest BCUT2D eigenvalue weighted by molar-refractivity contribution is 5.94. The number of rotatable bonds is 3. The molecule has 0 spiro atoms. The molecule has 3 aromatic rings. The maximum Gasteiger partial charge on any atom is 0.251 e. The highest BCUT2D eigenvalue weighted by Crippen LogP contribution is 2.33. The summed E-state index contributed by atoms with van der Waals surface area (Å²) in [6.45, 7) is -0.582. The van der Waals surface area contributed by atoms with Gasteiger partial charge in [0.05, 0.1) is 6.04 Å². The number of nitrogens with zero attached hydrogens (tertiary/aromatic N) is 3. The summed E-state index contributed by atoms with van der Waals surface area (Å²) in [7, 11) is 0. The molecule has 6 nitrogen and oxygen atoms in total. The summed E-state index contributed by atoms with van der Waals surface area (Å²) in [6, 6.07) is 9.03. The first-order chi connectivity index (χ1) is 13.3. The zero-order chi connectivity index (χ0) is 19.9. The molecule has 0 aliphatic heterocycles. The molecule has 2 heterocycles. The third-order valence-electron chi connectivity index (χ3n) is 4.37. The van der Waals surface area contributed by atoms with E-state index >= 15 is 0 Å². The smallest absolute Gasteiger partial charge is 0.251 e. The van der Waals surface area contributed by atoms with Gasteiger partial charge in [0.2, 0.25) is 11.7 Å². The predicted octanol–water partition coefficient (Wildman–Crippen LogP) is 3.17. The largest absolute Gasteiger partial charge is 0.345 e. The number of carbonyl (C=O) groups is 1. The Kier molecular flexibility index (Phi) is 3.03. The van der Waals surface area contributed by atoms with E-state index in [2.05, 4.69) is 20.4 Å². The molecule has 0 bridgehead atoms. The first kappa shape index (κ1) is 12.4. The summed E-state index contributed by atoms with van der Waals surface area (Å²) in [5.74, 6) is -0.262. The first-order valence-electron chi connectivity index (χ1n) is 9.52. The summed E-state index contributed by atoms with van der Waals surface area (Å²) < 4.78 is 26.9. The normalized spacial score (nSPS) is 18.1. The molecule has 1 amide bonds. The molecule has 126 valence electrons. The molecule has 1 aliphatic rings. The van der Waals surface area contributed by atoms with Crippen LogP contribution in [0.2, 0.25) is 0 Å². The van der Waals surface area contributed by atoms with E-state index in [0.29, 0.717) is 11.1 Å². The molecule has 0 saturated carbocycles. The topological polar surface area (TPSA) is 80.9 Å². The van der Waals surface area contributed by atoms with Crippen LogP contribution in [0.15, 0.2) is 41.1 Å². The fourth-order valence-electron chi connectivity index (χ4n) is 3.18. The van der Waals surface area contributed by atoms with Gasteiger partial charge < -0.3 is 9.84 Å². The lowest BCUT2D eigenvalue weighted by Gasteiger charge is -2.14. The molecule has 1 aliphatic carbocycles. The van der Waals surface area contributed by atoms with E-state index in [1.807, 2.05) is 25.1 Å². The van der Waals surface area contributed by atoms with E-state index in [4.69, 9.17) is 8.64 Å². The van der Waals surface area contributed by atoms with Gasteiger partial charge in [0.1, 0.15) is 0 Å². The van der Waals surface area contributed by atoms with Gasteiger partial charge in [-0.25, -0.2) is 0 Å². The Morgan fingerprint density at radius 1 is 1.36 bits per heavy atom. The Morgan fingerprint density at radius 2 is 2.28 bits per heavy atom. The molecule has 0 radical (unpaired) electrons. The van der Waals surface area contributed by atoms with Crippen LogP contribution in [0.25, 0.3) is 11.4 Å². The molecule has 1 N–H and O–H groups in total. The number of amides is 1. The lowest BCUT2D eigenvalue weighted by Crippen LogP contribution is -2.27. The molecule has 0 fully saturated rings. The van der Waals surface area contributed by atoms with Gasteiger partial charge in [-0.05, 0) is 49.1 Å². The van der Waals surface area contributed by atoms with Crippen LogP contribution < -0.4 is 5.32 Å². The number of nitrogens with one attached hydrogen (secondary N) is 1. The summed E-state index contributed by atoms with van der Waals surface area (Å²) in [5, 5.41) is 6.84. The van der Waals surface area contributed by atoms with Crippen molar-refractivity contribution in [3.8, 4) is 11.4 Å². The van der Waals surface area contributed by atoms with Crippen molar-refractivity contribution in [1.29, 1.82) is 0 Å². The van der Waals surface area contributed by atoms with Gasteiger partial charge >= 0.3 is 0 Å². The van der Waals surface area contributed by atoms with Crippen LogP contribution in [0.3, 0.4) is 0 Å². The average molecular weight is 337 g/mol. The summed E-state index contributed by atoms with van der Waals surface area (Å²) in [6.07, 6.45) is 3.21. The van der Waals surface area contributed by atoms with Crippen molar-refractivity contribution in [2.45, 2.75) is 32.7 Å². The van der Waals surface area contributed by atoms with Crippen LogP contribution >= 0.6 is 0 Å². The molecule has 0 unspecified atom stereocenters. The minimum Gasteiger partial charge on any atom is -0.345 e. The van der Waals surface area contributed by atoms with Gasteiger partial charge in [-0.2, -0.15) is 4.98 Å². The van der Waals surface area contributed by atoms with Crippen molar-refractivity contribution in [2.24, 2.45) is 0 Å². The molecule has 6 heteroatoms. The molecular formula is C19H18N4O2. The van der Waals surface area contributed by atoms with Gasteiger partial charge in [-0.15, -0.1) is 0 Å². The Labute approximate surface area is 149 Å². The second-order valence-corrected chi connectivity index (χ2v) is 6.09. The molecule has 2 aromatic heterocycles. The van der Waals surface area contributed by atoms with Crippen molar-refractivity contribution in [3.63, 3.8) is 0 Å². The number of carbonyl (C=O) groups excluding carboxylic acids is 1. The minimum atomic E-state index is -2.43. The number of fused-ring (bicyclic) bond motifs is 1. The highest BCUT2D eigenvalue weighted by atomic mass is 16.5. The Balaban J connectivity index is 1.54. The fourth-order valence-corrected chi connectivity index (χ4v) is 3.18. The van der Waals surface area contributed by atoms with E-state index in [-0.39, 0.29) is 23.7 Å². The van der Waals surface area contributed by atoms with E-state index in [9.17, 15) is 4.79 Å². The van der Waals surface area contributed by atoms with Crippen molar-refractivity contribution < 1.29 is 13.4 Å². The SMILES string of the molecule is [2H]C([2H])([2H])c1nc(-c2ccc3c(c2)CC[C@H]3NC(=O)c2ccnc(C)c2)no1. The van der Waals surface area contributed by atoms with Crippen LogP contribution in [0.5, 0.6) is 0 Å². The molecule has 1 atom stereocenters. The predicted molar refractivity (Wildman–Crippen MR) is 92.0 cm³/mol. The van der Waals surface area contributed by atoms with Crippen LogP contribution in [0.1, 0.15) is 49.6 Å². The molecule has 25 heavy (non-hydrogen) atoms. The van der Waals surface area contributed by atoms with E-state index < -0.39 is 6.85 Å². The summed E-state index contributed by atoms with van der Waals surface area (Å²) >= 11 is 0. The van der Waals surface area contributed by atoms with Gasteiger partial charge in [0.15, 0.2) is 0 Å². The van der Waals surface area contributed by atoms with Gasteiger partial charge in [0, 0.05) is 34.0 Å². The standard InChI is InChI=1S/C19H18N4O2/c1-11-9-15(7-8-20-11)19(24)22-17-6-4-13-10-14(3-5-16(13)17)18-21-12(2)25-23-18/h3,5,7-10,17H,4,6H2,1-2H3,(H,22,24)/t17-/m1/s1/i2D3. The van der Waals surface area contributed by atoms with Crippen LogP contribution in [0.4, 0.5) is 0 Å². The van der Waals surface area contributed by atoms with Gasteiger partial charge in [-0.3, -0.25) is 9.78 Å². The Morgan fingerprint density at radius 3 is 3.08 bits per heavy atom. The molecule has 4 rings (SSSR count). The average Bonchev–Trinajstić information content (AvgIpc) is 3.29. The van der Waals surface area contributed by atoms with Gasteiger partial charge in [-0.1, -0.05) is 17.3 Å². The maximum atomic E-state index is 12.5. The second-order valence-electron chi connectivity index (χ2n) is 6.09. The Hall–Kier alpha value is -3.02. The lowest BCUT2D eigenvalue weighted by atomic mass is 10.0. The second kappa shape index (κ2) is 6.12. The molecule has 0 saturated heterocycles. The van der Waals surface area contributed by atoms with Gasteiger partial charge in [0.25, 0.3) is 5.91 Å². The number of hydrogen-bond acceptors (Lipinski definition) is 5. The number of benzene rings is 1. The monoisotopic (exact) mass is 337 g/mol. The van der Waals surface area contributed by atoms with E-state index in [0.717, 1.165) is 29.7 Å². The first-order valence-corrected chi connectivity index (χ1v) is 8.02. The maximum absolute atomic E-state index is 12.5. The van der Waals surface area contributed by atoms with Crippen LogP contribution in [0, 0.1) is 13.8 Å². The van der Waals surface area contributed by atoms with Crippen LogP contribution in [-0.4, -0.2) is 21.0 Å². The van der Waals surface area contributed by atoms with E-state index in [1.165, 1.54) is 0 Å². The zero-order valence-corrected chi connectivity index (χ0v) is 13.6. The van der Waals surface area contributed by atoms with Crippen molar-refractivity contribution >= 4 is 5.91 Å². The molecule has 1 aromatic carbocycles. The number of pyridine rings is 1. The lowest BCUT2D eigenvalue weighted by molar-refractivity contribution is 0.0936. The third-order valence-corrected chi connectivity index (χ3v) is 4.37. The Bertz CT molecular complexity index is 1050. The van der Waals surface area contributed by atoms with E-state index in [1.54, 1.807) is 18.3 Å². The van der Waals surface area contributed by atoms with Crippen molar-refractivity contribution in [3.05, 3.63) is 64.8 Å². The number of aryl methyl sites for hydroxylation is 3. The summed E-state index contributed by atoms with van der Waals surface area (Å²) in [4.78, 5) is 20.6.